The molecule has 5 heterocycles. The quantitative estimate of drug-likeness (QED) is 0.779. The summed E-state index contributed by atoms with van der Waals surface area (Å²) in [5.41, 5.74) is 3.13. The van der Waals surface area contributed by atoms with Gasteiger partial charge in [0.15, 0.2) is 0 Å². The number of nitrogens with one attached hydrogen (secondary N) is 1. The van der Waals surface area contributed by atoms with Crippen molar-refractivity contribution < 1.29 is 4.39 Å². The monoisotopic (exact) mass is 339 g/mol. The van der Waals surface area contributed by atoms with Gasteiger partial charge in [-0.3, -0.25) is 9.88 Å². The molecule has 0 bridgehead atoms. The zero-order valence-corrected chi connectivity index (χ0v) is 14.2. The van der Waals surface area contributed by atoms with E-state index in [4.69, 9.17) is 0 Å². The maximum Gasteiger partial charge on any atom is 0.138 e. The first kappa shape index (κ1) is 15.1. The van der Waals surface area contributed by atoms with Crippen LogP contribution in [0.25, 0.3) is 21.9 Å². The number of piperidine rings is 1. The third-order valence-electron chi connectivity index (χ3n) is 5.74. The summed E-state index contributed by atoms with van der Waals surface area (Å²) in [6, 6.07) is 4.62. The fourth-order valence-electron chi connectivity index (χ4n) is 4.45. The van der Waals surface area contributed by atoms with Gasteiger partial charge in [0.05, 0.1) is 23.6 Å². The Bertz CT molecular complexity index is 899. The molecule has 5 rings (SSSR count). The number of aromatic amines is 1. The largest absolute Gasteiger partial charge is 0.370 e. The highest BCUT2D eigenvalue weighted by Gasteiger charge is 2.31. The van der Waals surface area contributed by atoms with E-state index in [2.05, 4.69) is 30.8 Å². The Labute approximate surface area is 145 Å². The minimum atomic E-state index is -0.630. The van der Waals surface area contributed by atoms with Crippen LogP contribution in [0.1, 0.15) is 19.3 Å². The van der Waals surface area contributed by atoms with Gasteiger partial charge in [0, 0.05) is 49.2 Å². The van der Waals surface area contributed by atoms with Crippen molar-refractivity contribution in [3.8, 4) is 0 Å². The Balaban J connectivity index is 1.43. The van der Waals surface area contributed by atoms with Crippen LogP contribution < -0.4 is 4.90 Å². The number of likely N-dealkylation sites (tertiary alicyclic amines) is 1. The van der Waals surface area contributed by atoms with Crippen LogP contribution in [0.4, 0.5) is 10.1 Å². The van der Waals surface area contributed by atoms with Gasteiger partial charge in [-0.15, -0.1) is 0 Å². The summed E-state index contributed by atoms with van der Waals surface area (Å²) < 4.78 is 13.5. The molecule has 5 nitrogen and oxygen atoms in total. The van der Waals surface area contributed by atoms with Crippen molar-refractivity contribution in [1.82, 2.24) is 19.9 Å². The average molecular weight is 339 g/mol. The average Bonchev–Trinajstić information content (AvgIpc) is 3.25. The second-order valence-corrected chi connectivity index (χ2v) is 7.20. The summed E-state index contributed by atoms with van der Waals surface area (Å²) in [5, 5.41) is 2.36. The highest BCUT2D eigenvalue weighted by atomic mass is 19.1. The second-order valence-electron chi connectivity index (χ2n) is 7.20. The normalized spacial score (nSPS) is 23.1. The van der Waals surface area contributed by atoms with E-state index in [1.54, 1.807) is 0 Å². The molecule has 0 spiro atoms. The molecule has 2 fully saturated rings. The van der Waals surface area contributed by atoms with Crippen LogP contribution in [0.2, 0.25) is 0 Å². The van der Waals surface area contributed by atoms with Crippen LogP contribution in [-0.4, -0.2) is 58.2 Å². The highest BCUT2D eigenvalue weighted by molar-refractivity contribution is 6.11. The number of hydrogen-bond donors (Lipinski definition) is 1. The molecule has 2 aliphatic rings. The third-order valence-corrected chi connectivity index (χ3v) is 5.74. The Morgan fingerprint density at radius 1 is 1.12 bits per heavy atom. The number of rotatable bonds is 2. The van der Waals surface area contributed by atoms with Crippen molar-refractivity contribution in [2.75, 3.05) is 31.1 Å². The fourth-order valence-corrected chi connectivity index (χ4v) is 4.45. The molecule has 1 atom stereocenters. The van der Waals surface area contributed by atoms with E-state index < -0.39 is 6.17 Å². The number of halogens is 1. The van der Waals surface area contributed by atoms with E-state index in [1.165, 1.54) is 11.1 Å². The molecular formula is C19H22FN5. The summed E-state index contributed by atoms with van der Waals surface area (Å²) in [6.45, 7) is 3.52. The molecule has 25 heavy (non-hydrogen) atoms. The zero-order valence-electron chi connectivity index (χ0n) is 14.2. The van der Waals surface area contributed by atoms with Gasteiger partial charge in [0.25, 0.3) is 0 Å². The summed E-state index contributed by atoms with van der Waals surface area (Å²) in [6.07, 6.45) is 7.90. The van der Waals surface area contributed by atoms with E-state index in [-0.39, 0.29) is 0 Å². The lowest BCUT2D eigenvalue weighted by Crippen LogP contribution is -2.44. The molecule has 0 aliphatic carbocycles. The molecular weight excluding hydrogens is 317 g/mol. The number of H-pyrrole nitrogens is 1. The van der Waals surface area contributed by atoms with Crippen LogP contribution in [0.3, 0.4) is 0 Å². The van der Waals surface area contributed by atoms with Crippen molar-refractivity contribution in [2.45, 2.75) is 31.5 Å². The summed E-state index contributed by atoms with van der Waals surface area (Å²) >= 11 is 0. The predicted octanol–water partition coefficient (Wildman–Crippen LogP) is 3.12. The molecule has 1 N–H and O–H groups in total. The minimum absolute atomic E-state index is 0.522. The molecule has 130 valence electrons. The van der Waals surface area contributed by atoms with Crippen molar-refractivity contribution in [3.05, 3.63) is 30.7 Å². The number of anilines is 1. The first-order valence-corrected chi connectivity index (χ1v) is 9.13. The standard InChI is InChI=1S/C19H22FN5/c20-13-3-7-25(12-13)14-4-8-24(9-5-14)17-11-21-10-16-18(17)15-2-1-6-22-19(15)23-16/h1-2,6,10-11,13-14H,3-5,7-9,12H2,(H,22,23)/t13-/m1/s1. The van der Waals surface area contributed by atoms with Crippen LogP contribution in [-0.2, 0) is 0 Å². The SMILES string of the molecule is F[C@@H]1CCN(C2CCN(c3cncc4[nH]c5ncccc5c34)CC2)C1. The number of aromatic nitrogens is 3. The number of nitrogens with zero attached hydrogens (tertiary/aromatic N) is 4. The summed E-state index contributed by atoms with van der Waals surface area (Å²) in [5.74, 6) is 0. The Morgan fingerprint density at radius 3 is 2.80 bits per heavy atom. The van der Waals surface area contributed by atoms with Crippen molar-refractivity contribution in [2.24, 2.45) is 0 Å². The Morgan fingerprint density at radius 2 is 2.00 bits per heavy atom. The van der Waals surface area contributed by atoms with Crippen LogP contribution in [0.5, 0.6) is 0 Å². The summed E-state index contributed by atoms with van der Waals surface area (Å²) in [7, 11) is 0. The molecule has 3 aromatic rings. The molecule has 3 aromatic heterocycles. The van der Waals surface area contributed by atoms with Crippen molar-refractivity contribution in [1.29, 1.82) is 0 Å². The lowest BCUT2D eigenvalue weighted by atomic mass is 10.0. The Hall–Kier alpha value is -2.21. The smallest absolute Gasteiger partial charge is 0.138 e. The van der Waals surface area contributed by atoms with Crippen LogP contribution in [0, 0.1) is 0 Å². The number of hydrogen-bond acceptors (Lipinski definition) is 4. The van der Waals surface area contributed by atoms with E-state index in [0.29, 0.717) is 19.0 Å². The van der Waals surface area contributed by atoms with Gasteiger partial charge in [0.1, 0.15) is 11.8 Å². The maximum absolute atomic E-state index is 13.5. The molecule has 2 saturated heterocycles. The van der Waals surface area contributed by atoms with Crippen molar-refractivity contribution >= 4 is 27.6 Å². The third kappa shape index (κ3) is 2.56. The van der Waals surface area contributed by atoms with Gasteiger partial charge >= 0.3 is 0 Å². The molecule has 0 aromatic carbocycles. The molecule has 2 aliphatic heterocycles. The number of alkyl halides is 1. The fraction of sp³-hybridized carbons (Fsp3) is 0.474. The second kappa shape index (κ2) is 5.95. The molecule has 0 amide bonds. The number of pyridine rings is 2. The van der Waals surface area contributed by atoms with Crippen LogP contribution >= 0.6 is 0 Å². The van der Waals surface area contributed by atoms with E-state index in [0.717, 1.165) is 49.0 Å². The summed E-state index contributed by atoms with van der Waals surface area (Å²) in [4.78, 5) is 17.0. The van der Waals surface area contributed by atoms with Gasteiger partial charge in [-0.1, -0.05) is 0 Å². The maximum atomic E-state index is 13.5. The molecule has 0 radical (unpaired) electrons. The van der Waals surface area contributed by atoms with E-state index >= 15 is 0 Å². The van der Waals surface area contributed by atoms with Crippen molar-refractivity contribution in [3.63, 3.8) is 0 Å². The highest BCUT2D eigenvalue weighted by Crippen LogP contribution is 2.34. The van der Waals surface area contributed by atoms with Gasteiger partial charge in [-0.2, -0.15) is 0 Å². The van der Waals surface area contributed by atoms with E-state index in [1.807, 2.05) is 24.7 Å². The number of fused-ring (bicyclic) bond motifs is 3. The van der Waals surface area contributed by atoms with Crippen LogP contribution in [0.15, 0.2) is 30.7 Å². The lowest BCUT2D eigenvalue weighted by Gasteiger charge is -2.37. The first-order valence-electron chi connectivity index (χ1n) is 9.13. The lowest BCUT2D eigenvalue weighted by molar-refractivity contribution is 0.192. The molecule has 0 unspecified atom stereocenters. The van der Waals surface area contributed by atoms with Gasteiger partial charge in [-0.05, 0) is 31.4 Å². The first-order chi connectivity index (χ1) is 12.3. The minimum Gasteiger partial charge on any atom is -0.370 e. The predicted molar refractivity (Wildman–Crippen MR) is 97.7 cm³/mol. The Kier molecular flexibility index (Phi) is 3.59. The van der Waals surface area contributed by atoms with Gasteiger partial charge < -0.3 is 9.88 Å². The topological polar surface area (TPSA) is 48.0 Å². The van der Waals surface area contributed by atoms with Gasteiger partial charge in [-0.25, -0.2) is 9.37 Å². The van der Waals surface area contributed by atoms with E-state index in [9.17, 15) is 4.39 Å². The molecule has 6 heteroatoms. The zero-order chi connectivity index (χ0) is 16.8. The van der Waals surface area contributed by atoms with Gasteiger partial charge in [0.2, 0.25) is 0 Å². The molecule has 0 saturated carbocycles.